The van der Waals surface area contributed by atoms with Gasteiger partial charge in [0.1, 0.15) is 0 Å². The molecule has 1 unspecified atom stereocenters. The minimum atomic E-state index is -3.96. The number of anilines is 1. The van der Waals surface area contributed by atoms with Crippen LogP contribution in [0.15, 0.2) is 70.9 Å². The highest BCUT2D eigenvalue weighted by Crippen LogP contribution is 2.47. The maximum atomic E-state index is 13.7. The molecule has 2 aromatic carbocycles. The Kier molecular flexibility index (Phi) is 3.97. The second kappa shape index (κ2) is 6.07. The Hall–Kier alpha value is -2.44. The standard InChI is InChI=1S/C20H17NO3S2/c1-14-8-10-16(11-9-14)26(23,24)20(13-15-5-4-12-25-15)17-6-2-3-7-18(17)21-19(20)22/h2-12H,13H2,1H3,(H,21,22). The van der Waals surface area contributed by atoms with Gasteiger partial charge in [0.25, 0.3) is 5.91 Å². The van der Waals surface area contributed by atoms with Gasteiger partial charge in [0, 0.05) is 22.5 Å². The molecule has 26 heavy (non-hydrogen) atoms. The van der Waals surface area contributed by atoms with Gasteiger partial charge in [-0.2, -0.15) is 0 Å². The number of aryl methyl sites for hydroxylation is 1. The number of sulfone groups is 1. The van der Waals surface area contributed by atoms with E-state index in [-0.39, 0.29) is 11.3 Å². The second-order valence-electron chi connectivity index (χ2n) is 6.40. The lowest BCUT2D eigenvalue weighted by Crippen LogP contribution is -2.44. The van der Waals surface area contributed by atoms with Crippen LogP contribution in [-0.2, 0) is 25.8 Å². The van der Waals surface area contributed by atoms with Gasteiger partial charge in [0.2, 0.25) is 0 Å². The van der Waals surface area contributed by atoms with E-state index in [1.807, 2.05) is 24.4 Å². The van der Waals surface area contributed by atoms with Crippen LogP contribution in [0.4, 0.5) is 5.69 Å². The average Bonchev–Trinajstić information content (AvgIpc) is 3.23. The van der Waals surface area contributed by atoms with Gasteiger partial charge in [0.05, 0.1) is 4.90 Å². The van der Waals surface area contributed by atoms with E-state index in [2.05, 4.69) is 5.32 Å². The number of fused-ring (bicyclic) bond motifs is 1. The largest absolute Gasteiger partial charge is 0.324 e. The van der Waals surface area contributed by atoms with E-state index in [1.165, 1.54) is 11.3 Å². The molecule has 6 heteroatoms. The van der Waals surface area contributed by atoms with Gasteiger partial charge >= 0.3 is 0 Å². The summed E-state index contributed by atoms with van der Waals surface area (Å²) in [5.41, 5.74) is 2.04. The van der Waals surface area contributed by atoms with E-state index < -0.39 is 20.5 Å². The van der Waals surface area contributed by atoms with Crippen LogP contribution >= 0.6 is 11.3 Å². The molecular weight excluding hydrogens is 366 g/mol. The molecule has 0 bridgehead atoms. The Morgan fingerprint density at radius 2 is 1.73 bits per heavy atom. The Morgan fingerprint density at radius 1 is 1.00 bits per heavy atom. The molecule has 0 saturated heterocycles. The Labute approximate surface area is 156 Å². The zero-order valence-electron chi connectivity index (χ0n) is 14.1. The summed E-state index contributed by atoms with van der Waals surface area (Å²) in [5.74, 6) is -0.493. The van der Waals surface area contributed by atoms with Crippen molar-refractivity contribution in [2.24, 2.45) is 0 Å². The first kappa shape index (κ1) is 17.0. The van der Waals surface area contributed by atoms with Crippen LogP contribution in [0.25, 0.3) is 0 Å². The molecule has 3 aromatic rings. The van der Waals surface area contributed by atoms with Gasteiger partial charge in [-0.25, -0.2) is 8.42 Å². The molecule has 0 fully saturated rings. The van der Waals surface area contributed by atoms with Gasteiger partial charge in [-0.15, -0.1) is 11.3 Å². The zero-order valence-corrected chi connectivity index (χ0v) is 15.7. The summed E-state index contributed by atoms with van der Waals surface area (Å²) in [7, 11) is -3.96. The van der Waals surface area contributed by atoms with Crippen molar-refractivity contribution in [2.75, 3.05) is 5.32 Å². The minimum absolute atomic E-state index is 0.115. The van der Waals surface area contributed by atoms with Crippen LogP contribution in [0.5, 0.6) is 0 Å². The number of nitrogens with one attached hydrogen (secondary N) is 1. The van der Waals surface area contributed by atoms with Crippen molar-refractivity contribution in [2.45, 2.75) is 23.0 Å². The fourth-order valence-electron chi connectivity index (χ4n) is 3.40. The number of hydrogen-bond donors (Lipinski definition) is 1. The van der Waals surface area contributed by atoms with Crippen LogP contribution in [-0.4, -0.2) is 14.3 Å². The lowest BCUT2D eigenvalue weighted by molar-refractivity contribution is -0.118. The molecule has 0 radical (unpaired) electrons. The SMILES string of the molecule is Cc1ccc(S(=O)(=O)C2(Cc3cccs3)C(=O)Nc3ccccc32)cc1. The summed E-state index contributed by atoms with van der Waals surface area (Å²) in [6.45, 7) is 1.90. The Morgan fingerprint density at radius 3 is 2.42 bits per heavy atom. The molecular formula is C20H17NO3S2. The lowest BCUT2D eigenvalue weighted by atomic mass is 9.95. The molecule has 1 amide bonds. The summed E-state index contributed by atoms with van der Waals surface area (Å²) in [4.78, 5) is 14.1. The zero-order chi connectivity index (χ0) is 18.4. The van der Waals surface area contributed by atoms with E-state index >= 15 is 0 Å². The van der Waals surface area contributed by atoms with Gasteiger partial charge in [-0.05, 0) is 36.6 Å². The van der Waals surface area contributed by atoms with Crippen molar-refractivity contribution in [1.29, 1.82) is 0 Å². The van der Waals surface area contributed by atoms with E-state index in [9.17, 15) is 13.2 Å². The molecule has 1 N–H and O–H groups in total. The summed E-state index contributed by atoms with van der Waals surface area (Å²) in [6.07, 6.45) is 0.115. The van der Waals surface area contributed by atoms with Crippen LogP contribution < -0.4 is 5.32 Å². The first-order valence-corrected chi connectivity index (χ1v) is 10.6. The molecule has 2 heterocycles. The van der Waals surface area contributed by atoms with Crippen LogP contribution in [0, 0.1) is 6.92 Å². The second-order valence-corrected chi connectivity index (χ2v) is 9.61. The smallest absolute Gasteiger partial charge is 0.251 e. The number of benzene rings is 2. The number of hydrogen-bond acceptors (Lipinski definition) is 4. The molecule has 1 atom stereocenters. The number of rotatable bonds is 4. The average molecular weight is 383 g/mol. The van der Waals surface area contributed by atoms with Crippen molar-refractivity contribution in [1.82, 2.24) is 0 Å². The highest BCUT2D eigenvalue weighted by molar-refractivity contribution is 7.93. The van der Waals surface area contributed by atoms with Gasteiger partial charge in [-0.1, -0.05) is 42.0 Å². The monoisotopic (exact) mass is 383 g/mol. The molecule has 4 rings (SSSR count). The van der Waals surface area contributed by atoms with Crippen molar-refractivity contribution in [3.8, 4) is 0 Å². The van der Waals surface area contributed by atoms with E-state index in [0.29, 0.717) is 11.3 Å². The maximum Gasteiger partial charge on any atom is 0.251 e. The van der Waals surface area contributed by atoms with Gasteiger partial charge in [0.15, 0.2) is 14.6 Å². The number of thiophene rings is 1. The first-order chi connectivity index (χ1) is 12.4. The van der Waals surface area contributed by atoms with Crippen molar-refractivity contribution >= 4 is 32.8 Å². The molecule has 0 spiro atoms. The normalized spacial score (nSPS) is 19.2. The summed E-state index contributed by atoms with van der Waals surface area (Å²) >= 11 is 1.45. The number of carbonyl (C=O) groups excluding carboxylic acids is 1. The van der Waals surface area contributed by atoms with Crippen LogP contribution in [0.3, 0.4) is 0 Å². The fraction of sp³-hybridized carbons (Fsp3) is 0.150. The fourth-order valence-corrected chi connectivity index (χ4v) is 6.29. The van der Waals surface area contributed by atoms with E-state index in [1.54, 1.807) is 48.5 Å². The highest BCUT2D eigenvalue weighted by atomic mass is 32.2. The summed E-state index contributed by atoms with van der Waals surface area (Å²) < 4.78 is 25.8. The number of carbonyl (C=O) groups is 1. The molecule has 1 aliphatic heterocycles. The van der Waals surface area contributed by atoms with Crippen molar-refractivity contribution in [3.05, 3.63) is 82.0 Å². The molecule has 1 aliphatic rings. The van der Waals surface area contributed by atoms with Crippen molar-refractivity contribution < 1.29 is 13.2 Å². The summed E-state index contributed by atoms with van der Waals surface area (Å²) in [5, 5.41) is 4.66. The third-order valence-corrected chi connectivity index (χ3v) is 8.01. The van der Waals surface area contributed by atoms with Crippen LogP contribution in [0.1, 0.15) is 16.0 Å². The minimum Gasteiger partial charge on any atom is -0.324 e. The highest BCUT2D eigenvalue weighted by Gasteiger charge is 2.57. The molecule has 0 saturated carbocycles. The predicted molar refractivity (Wildman–Crippen MR) is 103 cm³/mol. The van der Waals surface area contributed by atoms with Gasteiger partial charge in [-0.3, -0.25) is 4.79 Å². The Bertz CT molecular complexity index is 1070. The predicted octanol–water partition coefficient (Wildman–Crippen LogP) is 3.92. The third kappa shape index (κ3) is 2.40. The van der Waals surface area contributed by atoms with Crippen LogP contribution in [0.2, 0.25) is 0 Å². The maximum absolute atomic E-state index is 13.7. The first-order valence-electron chi connectivity index (χ1n) is 8.20. The molecule has 132 valence electrons. The summed E-state index contributed by atoms with van der Waals surface area (Å²) in [6, 6.07) is 17.4. The molecule has 4 nitrogen and oxygen atoms in total. The molecule has 0 aliphatic carbocycles. The van der Waals surface area contributed by atoms with E-state index in [0.717, 1.165) is 10.4 Å². The number of amides is 1. The van der Waals surface area contributed by atoms with Crippen molar-refractivity contribution in [3.63, 3.8) is 0 Å². The number of para-hydroxylation sites is 1. The topological polar surface area (TPSA) is 63.2 Å². The third-order valence-electron chi connectivity index (χ3n) is 4.77. The molecule has 1 aromatic heterocycles. The van der Waals surface area contributed by atoms with Gasteiger partial charge < -0.3 is 5.32 Å². The lowest BCUT2D eigenvalue weighted by Gasteiger charge is -2.27. The van der Waals surface area contributed by atoms with E-state index in [4.69, 9.17) is 0 Å². The quantitative estimate of drug-likeness (QED) is 0.743. The Balaban J connectivity index is 1.98.